The summed E-state index contributed by atoms with van der Waals surface area (Å²) >= 11 is 0. The van der Waals surface area contributed by atoms with Crippen molar-refractivity contribution in [3.05, 3.63) is 12.2 Å². The Bertz CT molecular complexity index is 411. The van der Waals surface area contributed by atoms with Crippen LogP contribution in [0.15, 0.2) is 12.2 Å². The van der Waals surface area contributed by atoms with Crippen LogP contribution in [0.3, 0.4) is 0 Å². The third-order valence-corrected chi connectivity index (χ3v) is 4.17. The molecule has 0 heterocycles. The lowest BCUT2D eigenvalue weighted by atomic mass is 9.86. The van der Waals surface area contributed by atoms with Crippen LogP contribution in [0, 0.1) is 11.8 Å². The number of ketones is 2. The zero-order valence-electron chi connectivity index (χ0n) is 13.8. The molecule has 0 saturated heterocycles. The normalized spacial score (nSPS) is 20.4. The quantitative estimate of drug-likeness (QED) is 0.432. The zero-order valence-corrected chi connectivity index (χ0v) is 13.8. The first-order valence-corrected chi connectivity index (χ1v) is 8.47. The molecule has 1 aliphatic carbocycles. The van der Waals surface area contributed by atoms with Crippen molar-refractivity contribution in [2.45, 2.75) is 65.2 Å². The monoisotopic (exact) mass is 308 g/mol. The van der Waals surface area contributed by atoms with Gasteiger partial charge in [0.25, 0.3) is 0 Å². The van der Waals surface area contributed by atoms with E-state index in [2.05, 4.69) is 6.92 Å². The van der Waals surface area contributed by atoms with E-state index in [4.69, 9.17) is 4.74 Å². The molecule has 4 heteroatoms. The Morgan fingerprint density at radius 1 is 1.09 bits per heavy atom. The number of hydrogen-bond donors (Lipinski definition) is 0. The third kappa shape index (κ3) is 6.54. The summed E-state index contributed by atoms with van der Waals surface area (Å²) in [5.41, 5.74) is 0. The molecular formula is C18H28O4. The Hall–Kier alpha value is -1.45. The summed E-state index contributed by atoms with van der Waals surface area (Å²) in [4.78, 5) is 35.1. The summed E-state index contributed by atoms with van der Waals surface area (Å²) in [6.07, 6.45) is 9.33. The van der Waals surface area contributed by atoms with Gasteiger partial charge in [0.2, 0.25) is 0 Å². The van der Waals surface area contributed by atoms with Crippen LogP contribution < -0.4 is 0 Å². The van der Waals surface area contributed by atoms with Gasteiger partial charge in [0.1, 0.15) is 5.78 Å². The van der Waals surface area contributed by atoms with Crippen molar-refractivity contribution in [3.63, 3.8) is 0 Å². The molecule has 22 heavy (non-hydrogen) atoms. The predicted octanol–water partition coefficient (Wildman–Crippen LogP) is 3.63. The molecule has 2 unspecified atom stereocenters. The number of carbonyl (C=O) groups excluding carboxylic acids is 3. The summed E-state index contributed by atoms with van der Waals surface area (Å²) in [5.74, 6) is 0.0413. The maximum atomic E-state index is 11.9. The zero-order chi connectivity index (χ0) is 16.4. The van der Waals surface area contributed by atoms with Crippen molar-refractivity contribution in [3.8, 4) is 0 Å². The molecular weight excluding hydrogens is 280 g/mol. The number of carbonyl (C=O) groups is 3. The van der Waals surface area contributed by atoms with E-state index in [0.717, 1.165) is 19.3 Å². The second-order valence-corrected chi connectivity index (χ2v) is 5.91. The molecule has 0 aromatic rings. The molecule has 0 aliphatic heterocycles. The molecule has 0 radical (unpaired) electrons. The van der Waals surface area contributed by atoms with Crippen LogP contribution in [0.4, 0.5) is 0 Å². The number of esters is 1. The first kappa shape index (κ1) is 18.6. The topological polar surface area (TPSA) is 60.4 Å². The van der Waals surface area contributed by atoms with Gasteiger partial charge in [0.15, 0.2) is 5.78 Å². The fourth-order valence-corrected chi connectivity index (χ4v) is 2.87. The Morgan fingerprint density at radius 2 is 1.86 bits per heavy atom. The van der Waals surface area contributed by atoms with Crippen LogP contribution in [-0.4, -0.2) is 24.1 Å². The molecule has 0 N–H and O–H groups in total. The number of Topliss-reactive ketones (excluding diaryl/α,β-unsaturated/α-hetero) is 1. The molecule has 0 aromatic carbocycles. The van der Waals surface area contributed by atoms with Crippen molar-refractivity contribution < 1.29 is 19.1 Å². The highest BCUT2D eigenvalue weighted by Gasteiger charge is 2.30. The Morgan fingerprint density at radius 3 is 2.55 bits per heavy atom. The predicted molar refractivity (Wildman–Crippen MR) is 85.4 cm³/mol. The van der Waals surface area contributed by atoms with E-state index in [1.807, 2.05) is 6.08 Å². The molecule has 1 rings (SSSR count). The van der Waals surface area contributed by atoms with Gasteiger partial charge in [0, 0.05) is 25.2 Å². The Labute approximate surface area is 133 Å². The van der Waals surface area contributed by atoms with E-state index in [1.165, 1.54) is 0 Å². The van der Waals surface area contributed by atoms with Crippen molar-refractivity contribution >= 4 is 17.5 Å². The fraction of sp³-hybridized carbons (Fsp3) is 0.722. The van der Waals surface area contributed by atoms with E-state index < -0.39 is 0 Å². The highest BCUT2D eigenvalue weighted by Crippen LogP contribution is 2.30. The first-order valence-electron chi connectivity index (χ1n) is 8.47. The highest BCUT2D eigenvalue weighted by atomic mass is 16.5. The molecule has 0 saturated carbocycles. The number of unbranched alkanes of at least 4 members (excludes halogenated alkanes) is 2. The van der Waals surface area contributed by atoms with Crippen LogP contribution in [-0.2, 0) is 19.1 Å². The molecule has 1 aliphatic rings. The van der Waals surface area contributed by atoms with E-state index >= 15 is 0 Å². The molecule has 0 fully saturated rings. The van der Waals surface area contributed by atoms with Crippen LogP contribution in [0.2, 0.25) is 0 Å². The van der Waals surface area contributed by atoms with Crippen molar-refractivity contribution in [1.29, 1.82) is 0 Å². The van der Waals surface area contributed by atoms with Gasteiger partial charge in [-0.1, -0.05) is 25.8 Å². The fourth-order valence-electron chi connectivity index (χ4n) is 2.87. The molecule has 0 aromatic heterocycles. The lowest BCUT2D eigenvalue weighted by Gasteiger charge is -2.17. The van der Waals surface area contributed by atoms with Gasteiger partial charge in [-0.05, 0) is 38.2 Å². The smallest absolute Gasteiger partial charge is 0.305 e. The molecule has 4 nitrogen and oxygen atoms in total. The van der Waals surface area contributed by atoms with Crippen molar-refractivity contribution in [1.82, 2.24) is 0 Å². The largest absolute Gasteiger partial charge is 0.466 e. The second-order valence-electron chi connectivity index (χ2n) is 5.91. The first-order chi connectivity index (χ1) is 10.6. The summed E-state index contributed by atoms with van der Waals surface area (Å²) < 4.78 is 4.90. The Kier molecular flexibility index (Phi) is 8.71. The average Bonchev–Trinajstić information content (AvgIpc) is 2.84. The second kappa shape index (κ2) is 10.3. The van der Waals surface area contributed by atoms with E-state index in [1.54, 1.807) is 13.0 Å². The molecule has 0 bridgehead atoms. The third-order valence-electron chi connectivity index (χ3n) is 4.17. The van der Waals surface area contributed by atoms with E-state index in [9.17, 15) is 14.4 Å². The van der Waals surface area contributed by atoms with Crippen LogP contribution in [0.1, 0.15) is 65.2 Å². The van der Waals surface area contributed by atoms with Crippen molar-refractivity contribution in [2.24, 2.45) is 11.8 Å². The SMILES string of the molecule is CCCCCC(=O)CCC1C=CC(=O)C1CCC(=O)OCC. The Balaban J connectivity index is 2.34. The molecule has 0 amide bonds. The maximum absolute atomic E-state index is 11.9. The van der Waals surface area contributed by atoms with Gasteiger partial charge >= 0.3 is 5.97 Å². The summed E-state index contributed by atoms with van der Waals surface area (Å²) in [6, 6.07) is 0. The lowest BCUT2D eigenvalue weighted by molar-refractivity contribution is -0.143. The molecule has 124 valence electrons. The van der Waals surface area contributed by atoms with Gasteiger partial charge in [-0.25, -0.2) is 0 Å². The minimum Gasteiger partial charge on any atom is -0.466 e. The highest BCUT2D eigenvalue weighted by molar-refractivity contribution is 5.94. The average molecular weight is 308 g/mol. The van der Waals surface area contributed by atoms with Gasteiger partial charge < -0.3 is 4.74 Å². The number of ether oxygens (including phenoxy) is 1. The standard InChI is InChI=1S/C18H28O4/c1-3-5-6-7-15(19)10-8-14-9-12-17(20)16(14)11-13-18(21)22-4-2/h9,12,14,16H,3-8,10-11,13H2,1-2H3. The summed E-state index contributed by atoms with van der Waals surface area (Å²) in [7, 11) is 0. The van der Waals surface area contributed by atoms with Crippen LogP contribution >= 0.6 is 0 Å². The number of hydrogen-bond acceptors (Lipinski definition) is 4. The van der Waals surface area contributed by atoms with Gasteiger partial charge in [0.05, 0.1) is 6.61 Å². The molecule has 0 spiro atoms. The molecule has 2 atom stereocenters. The maximum Gasteiger partial charge on any atom is 0.305 e. The summed E-state index contributed by atoms with van der Waals surface area (Å²) in [5, 5.41) is 0. The van der Waals surface area contributed by atoms with Crippen LogP contribution in [0.5, 0.6) is 0 Å². The van der Waals surface area contributed by atoms with Gasteiger partial charge in [-0.3, -0.25) is 14.4 Å². The van der Waals surface area contributed by atoms with Gasteiger partial charge in [-0.15, -0.1) is 0 Å². The number of allylic oxidation sites excluding steroid dienone is 2. The van der Waals surface area contributed by atoms with Crippen molar-refractivity contribution in [2.75, 3.05) is 6.61 Å². The number of rotatable bonds is 11. The van der Waals surface area contributed by atoms with Crippen LogP contribution in [0.25, 0.3) is 0 Å². The van der Waals surface area contributed by atoms with Gasteiger partial charge in [-0.2, -0.15) is 0 Å². The van der Waals surface area contributed by atoms with E-state index in [-0.39, 0.29) is 35.8 Å². The lowest BCUT2D eigenvalue weighted by Crippen LogP contribution is -2.19. The van der Waals surface area contributed by atoms with E-state index in [0.29, 0.717) is 32.3 Å². The minimum atomic E-state index is -0.253. The minimum absolute atomic E-state index is 0.0766. The summed E-state index contributed by atoms with van der Waals surface area (Å²) in [6.45, 7) is 4.26.